The van der Waals surface area contributed by atoms with Crippen LogP contribution in [0, 0.1) is 0 Å². The Bertz CT molecular complexity index is 705. The smallest absolute Gasteiger partial charge is 0.0118 e. The summed E-state index contributed by atoms with van der Waals surface area (Å²) in [5.41, 5.74) is 7.72. The average molecular weight is 347 g/mol. The van der Waals surface area contributed by atoms with Gasteiger partial charge in [-0.1, -0.05) is 74.4 Å². The van der Waals surface area contributed by atoms with E-state index in [2.05, 4.69) is 68.5 Å². The third-order valence-corrected chi connectivity index (χ3v) is 5.85. The molecule has 2 aromatic carbocycles. The number of unbranched alkanes of at least 4 members (excludes halogenated alkanes) is 2. The average Bonchev–Trinajstić information content (AvgIpc) is 2.68. The molecular weight excluding hydrogens is 312 g/mol. The number of aryl methyl sites for hydroxylation is 3. The summed E-state index contributed by atoms with van der Waals surface area (Å²) in [6, 6.07) is 16.7. The van der Waals surface area contributed by atoms with Crippen molar-refractivity contribution in [3.05, 3.63) is 82.4 Å². The van der Waals surface area contributed by atoms with Crippen LogP contribution in [0.5, 0.6) is 0 Å². The van der Waals surface area contributed by atoms with Crippen molar-refractivity contribution in [1.29, 1.82) is 0 Å². The van der Waals surface area contributed by atoms with E-state index in [1.165, 1.54) is 56.1 Å². The second kappa shape index (κ2) is 9.76. The molecule has 0 nitrogen and oxygen atoms in total. The molecule has 1 atom stereocenters. The molecule has 0 aromatic heterocycles. The predicted molar refractivity (Wildman–Crippen MR) is 114 cm³/mol. The van der Waals surface area contributed by atoms with E-state index in [1.54, 1.807) is 16.7 Å². The van der Waals surface area contributed by atoms with Crippen molar-refractivity contribution >= 4 is 0 Å². The van der Waals surface area contributed by atoms with Crippen LogP contribution >= 0.6 is 0 Å². The lowest BCUT2D eigenvalue weighted by Crippen LogP contribution is -2.13. The third kappa shape index (κ3) is 5.10. The molecular formula is C26H34. The number of hydrogen-bond donors (Lipinski definition) is 0. The molecule has 1 aliphatic carbocycles. The molecule has 0 bridgehead atoms. The highest BCUT2D eigenvalue weighted by Gasteiger charge is 2.20. The molecule has 2 aromatic rings. The van der Waals surface area contributed by atoms with Gasteiger partial charge in [0.25, 0.3) is 0 Å². The largest absolute Gasteiger partial charge is 0.0917 e. The van der Waals surface area contributed by atoms with E-state index >= 15 is 0 Å². The van der Waals surface area contributed by atoms with E-state index < -0.39 is 0 Å². The SMILES string of the molecule is C/C=C/CCc1ccc(C2CCc3cc(CCCCC)ccc3C2)cc1. The molecule has 0 aliphatic heterocycles. The van der Waals surface area contributed by atoms with Gasteiger partial charge in [0.1, 0.15) is 0 Å². The first-order valence-electron chi connectivity index (χ1n) is 10.6. The van der Waals surface area contributed by atoms with Gasteiger partial charge in [0.2, 0.25) is 0 Å². The Morgan fingerprint density at radius 1 is 0.923 bits per heavy atom. The highest BCUT2D eigenvalue weighted by molar-refractivity contribution is 5.37. The fraction of sp³-hybridized carbons (Fsp3) is 0.462. The number of benzene rings is 2. The van der Waals surface area contributed by atoms with Crippen LogP contribution < -0.4 is 0 Å². The van der Waals surface area contributed by atoms with Gasteiger partial charge in [-0.05, 0) is 85.6 Å². The zero-order valence-corrected chi connectivity index (χ0v) is 16.6. The molecule has 0 saturated carbocycles. The molecule has 0 radical (unpaired) electrons. The number of rotatable bonds is 8. The van der Waals surface area contributed by atoms with E-state index in [-0.39, 0.29) is 0 Å². The molecule has 0 spiro atoms. The van der Waals surface area contributed by atoms with E-state index in [4.69, 9.17) is 0 Å². The van der Waals surface area contributed by atoms with E-state index in [9.17, 15) is 0 Å². The van der Waals surface area contributed by atoms with Gasteiger partial charge in [0.15, 0.2) is 0 Å². The van der Waals surface area contributed by atoms with Gasteiger partial charge < -0.3 is 0 Å². The Morgan fingerprint density at radius 2 is 1.73 bits per heavy atom. The van der Waals surface area contributed by atoms with Crippen molar-refractivity contribution < 1.29 is 0 Å². The molecule has 138 valence electrons. The van der Waals surface area contributed by atoms with Crippen molar-refractivity contribution in [2.75, 3.05) is 0 Å². The molecule has 0 heteroatoms. The lowest BCUT2D eigenvalue weighted by Gasteiger charge is -2.26. The molecule has 0 saturated heterocycles. The fourth-order valence-electron chi connectivity index (χ4n) is 4.20. The maximum Gasteiger partial charge on any atom is -0.0118 e. The quantitative estimate of drug-likeness (QED) is 0.350. The monoisotopic (exact) mass is 346 g/mol. The van der Waals surface area contributed by atoms with Gasteiger partial charge in [0, 0.05) is 0 Å². The molecule has 0 heterocycles. The van der Waals surface area contributed by atoms with Crippen LogP contribution in [0.4, 0.5) is 0 Å². The Labute approximate surface area is 160 Å². The highest BCUT2D eigenvalue weighted by atomic mass is 14.2. The van der Waals surface area contributed by atoms with Gasteiger partial charge in [0.05, 0.1) is 0 Å². The highest BCUT2D eigenvalue weighted by Crippen LogP contribution is 2.33. The molecule has 3 rings (SSSR count). The van der Waals surface area contributed by atoms with Crippen LogP contribution in [-0.4, -0.2) is 0 Å². The van der Waals surface area contributed by atoms with Crippen LogP contribution in [0.25, 0.3) is 0 Å². The summed E-state index contributed by atoms with van der Waals surface area (Å²) < 4.78 is 0. The Balaban J connectivity index is 1.61. The maximum absolute atomic E-state index is 2.49. The van der Waals surface area contributed by atoms with Crippen LogP contribution in [0.3, 0.4) is 0 Å². The lowest BCUT2D eigenvalue weighted by molar-refractivity contribution is 0.583. The standard InChI is InChI=1S/C26H34/c1-3-5-7-9-21-11-14-23(15-12-21)25-18-17-24-19-22(10-8-6-4-2)13-16-26(24)20-25/h3,5,11-16,19,25H,4,6-10,17-18,20H2,1-2H3/b5-3+. The van der Waals surface area contributed by atoms with Crippen LogP contribution in [0.2, 0.25) is 0 Å². The van der Waals surface area contributed by atoms with Gasteiger partial charge >= 0.3 is 0 Å². The minimum Gasteiger partial charge on any atom is -0.0917 e. The Morgan fingerprint density at radius 3 is 2.50 bits per heavy atom. The van der Waals surface area contributed by atoms with Crippen molar-refractivity contribution in [1.82, 2.24) is 0 Å². The van der Waals surface area contributed by atoms with Crippen molar-refractivity contribution in [2.24, 2.45) is 0 Å². The fourth-order valence-corrected chi connectivity index (χ4v) is 4.20. The summed E-state index contributed by atoms with van der Waals surface area (Å²) in [5.74, 6) is 0.693. The molecule has 0 fully saturated rings. The summed E-state index contributed by atoms with van der Waals surface area (Å²) in [6.07, 6.45) is 15.7. The van der Waals surface area contributed by atoms with E-state index in [0.29, 0.717) is 5.92 Å². The summed E-state index contributed by atoms with van der Waals surface area (Å²) >= 11 is 0. The number of allylic oxidation sites excluding steroid dienone is 2. The lowest BCUT2D eigenvalue weighted by atomic mass is 9.79. The molecule has 1 unspecified atom stereocenters. The number of fused-ring (bicyclic) bond motifs is 1. The zero-order chi connectivity index (χ0) is 18.2. The van der Waals surface area contributed by atoms with E-state index in [1.807, 2.05) is 0 Å². The van der Waals surface area contributed by atoms with Crippen molar-refractivity contribution in [3.8, 4) is 0 Å². The minimum atomic E-state index is 0.693. The maximum atomic E-state index is 2.49. The third-order valence-electron chi connectivity index (χ3n) is 5.85. The molecule has 26 heavy (non-hydrogen) atoms. The molecule has 0 N–H and O–H groups in total. The first-order valence-corrected chi connectivity index (χ1v) is 10.6. The summed E-state index contributed by atoms with van der Waals surface area (Å²) in [4.78, 5) is 0. The zero-order valence-electron chi connectivity index (χ0n) is 16.6. The second-order valence-electron chi connectivity index (χ2n) is 7.85. The van der Waals surface area contributed by atoms with Crippen LogP contribution in [0.1, 0.15) is 79.7 Å². The van der Waals surface area contributed by atoms with E-state index in [0.717, 1.165) is 12.8 Å². The van der Waals surface area contributed by atoms with Crippen molar-refractivity contribution in [2.45, 2.75) is 77.6 Å². The second-order valence-corrected chi connectivity index (χ2v) is 7.85. The number of hydrogen-bond acceptors (Lipinski definition) is 0. The first kappa shape index (κ1) is 19.0. The Hall–Kier alpha value is -1.82. The summed E-state index contributed by atoms with van der Waals surface area (Å²) in [6.45, 7) is 4.37. The van der Waals surface area contributed by atoms with Gasteiger partial charge in [-0.25, -0.2) is 0 Å². The van der Waals surface area contributed by atoms with Crippen LogP contribution in [-0.2, 0) is 25.7 Å². The molecule has 0 amide bonds. The Kier molecular flexibility index (Phi) is 7.12. The normalized spacial score (nSPS) is 16.8. The van der Waals surface area contributed by atoms with Crippen LogP contribution in [0.15, 0.2) is 54.6 Å². The topological polar surface area (TPSA) is 0 Å². The predicted octanol–water partition coefficient (Wildman–Crippen LogP) is 7.20. The van der Waals surface area contributed by atoms with Gasteiger partial charge in [-0.15, -0.1) is 0 Å². The minimum absolute atomic E-state index is 0.693. The van der Waals surface area contributed by atoms with Gasteiger partial charge in [-0.2, -0.15) is 0 Å². The molecule has 1 aliphatic rings. The van der Waals surface area contributed by atoms with Crippen molar-refractivity contribution in [3.63, 3.8) is 0 Å². The summed E-state index contributed by atoms with van der Waals surface area (Å²) in [7, 11) is 0. The van der Waals surface area contributed by atoms with Gasteiger partial charge in [-0.3, -0.25) is 0 Å². The first-order chi connectivity index (χ1) is 12.8. The summed E-state index contributed by atoms with van der Waals surface area (Å²) in [5, 5.41) is 0.